The molecule has 0 spiro atoms. The van der Waals surface area contributed by atoms with Crippen LogP contribution in [0.5, 0.6) is 5.75 Å². The Bertz CT molecular complexity index is 1160. The number of H-pyrrole nitrogens is 1. The number of Topliss-reactive ketones (excluding diaryl/α,β-unsaturated/α-hetero) is 1. The second-order valence-corrected chi connectivity index (χ2v) is 6.60. The number of hydrogen-bond donors (Lipinski definition) is 1. The fraction of sp³-hybridized carbons (Fsp3) is 0.125. The van der Waals surface area contributed by atoms with Crippen molar-refractivity contribution in [3.63, 3.8) is 0 Å². The van der Waals surface area contributed by atoms with E-state index < -0.39 is 5.97 Å². The van der Waals surface area contributed by atoms with Crippen molar-refractivity contribution in [1.29, 1.82) is 0 Å². The van der Waals surface area contributed by atoms with Gasteiger partial charge in [0.05, 0.1) is 23.2 Å². The highest BCUT2D eigenvalue weighted by Gasteiger charge is 2.18. The van der Waals surface area contributed by atoms with E-state index in [4.69, 9.17) is 9.47 Å². The molecule has 150 valence electrons. The number of rotatable bonds is 7. The van der Waals surface area contributed by atoms with Gasteiger partial charge in [-0.25, -0.2) is 9.78 Å². The van der Waals surface area contributed by atoms with Crippen molar-refractivity contribution in [2.75, 3.05) is 13.2 Å². The molecular weight excluding hydrogens is 380 g/mol. The highest BCUT2D eigenvalue weighted by molar-refractivity contribution is 6.01. The van der Waals surface area contributed by atoms with E-state index in [2.05, 4.69) is 9.97 Å². The first-order valence-corrected chi connectivity index (χ1v) is 9.63. The SMILES string of the molecule is CCOc1ccc(C(=O)COC(=O)c2ccccc2-c2nc3ccccc3[nH]2)cc1. The first-order valence-electron chi connectivity index (χ1n) is 9.63. The van der Waals surface area contributed by atoms with Crippen LogP contribution in [0.25, 0.3) is 22.4 Å². The fourth-order valence-corrected chi connectivity index (χ4v) is 3.14. The van der Waals surface area contributed by atoms with Crippen LogP contribution in [0.3, 0.4) is 0 Å². The monoisotopic (exact) mass is 400 g/mol. The number of hydrogen-bond acceptors (Lipinski definition) is 5. The molecule has 0 aliphatic carbocycles. The summed E-state index contributed by atoms with van der Waals surface area (Å²) < 4.78 is 10.7. The largest absolute Gasteiger partial charge is 0.494 e. The van der Waals surface area contributed by atoms with Crippen molar-refractivity contribution in [3.8, 4) is 17.1 Å². The smallest absolute Gasteiger partial charge is 0.339 e. The number of aromatic amines is 1. The molecule has 1 aromatic heterocycles. The molecule has 0 saturated carbocycles. The molecule has 1 N–H and O–H groups in total. The van der Waals surface area contributed by atoms with Crippen LogP contribution in [0.1, 0.15) is 27.6 Å². The van der Waals surface area contributed by atoms with Gasteiger partial charge < -0.3 is 14.5 Å². The van der Waals surface area contributed by atoms with E-state index in [9.17, 15) is 9.59 Å². The number of nitrogens with one attached hydrogen (secondary N) is 1. The predicted octanol–water partition coefficient (Wildman–Crippen LogP) is 4.67. The summed E-state index contributed by atoms with van der Waals surface area (Å²) >= 11 is 0. The molecule has 0 bridgehead atoms. The summed E-state index contributed by atoms with van der Waals surface area (Å²) in [5.41, 5.74) is 3.10. The molecule has 0 atom stereocenters. The number of aromatic nitrogens is 2. The lowest BCUT2D eigenvalue weighted by molar-refractivity contribution is 0.0475. The third-order valence-corrected chi connectivity index (χ3v) is 4.61. The van der Waals surface area contributed by atoms with Gasteiger partial charge in [-0.1, -0.05) is 30.3 Å². The molecule has 0 aliphatic rings. The van der Waals surface area contributed by atoms with Gasteiger partial charge in [0.15, 0.2) is 12.4 Å². The summed E-state index contributed by atoms with van der Waals surface area (Å²) in [5, 5.41) is 0. The lowest BCUT2D eigenvalue weighted by Gasteiger charge is -2.08. The van der Waals surface area contributed by atoms with E-state index in [0.717, 1.165) is 11.0 Å². The van der Waals surface area contributed by atoms with Gasteiger partial charge in [0.25, 0.3) is 0 Å². The summed E-state index contributed by atoms with van der Waals surface area (Å²) in [6.45, 7) is 2.10. The van der Waals surface area contributed by atoms with Crippen LogP contribution in [-0.2, 0) is 4.74 Å². The number of para-hydroxylation sites is 2. The lowest BCUT2D eigenvalue weighted by atomic mass is 10.1. The fourth-order valence-electron chi connectivity index (χ4n) is 3.14. The summed E-state index contributed by atoms with van der Waals surface area (Å²) in [5.74, 6) is 0.394. The standard InChI is InChI=1S/C24H20N2O4/c1-2-29-17-13-11-16(12-14-17)22(27)15-30-24(28)19-8-4-3-7-18(19)23-25-20-9-5-6-10-21(20)26-23/h3-14H,2,15H2,1H3,(H,25,26). The first-order chi connectivity index (χ1) is 14.7. The van der Waals surface area contributed by atoms with Crippen molar-refractivity contribution >= 4 is 22.8 Å². The van der Waals surface area contributed by atoms with Gasteiger partial charge in [0.2, 0.25) is 0 Å². The molecule has 4 aromatic rings. The first kappa shape index (κ1) is 19.4. The maximum Gasteiger partial charge on any atom is 0.339 e. The van der Waals surface area contributed by atoms with Crippen molar-refractivity contribution < 1.29 is 19.1 Å². The Hall–Kier alpha value is -3.93. The van der Waals surface area contributed by atoms with E-state index in [0.29, 0.717) is 34.9 Å². The minimum Gasteiger partial charge on any atom is -0.494 e. The minimum absolute atomic E-state index is 0.285. The number of benzene rings is 3. The number of carbonyl (C=O) groups excluding carboxylic acids is 2. The normalized spacial score (nSPS) is 10.7. The number of nitrogens with zero attached hydrogens (tertiary/aromatic N) is 1. The number of carbonyl (C=O) groups is 2. The molecular formula is C24H20N2O4. The van der Waals surface area contributed by atoms with Crippen molar-refractivity contribution in [2.24, 2.45) is 0 Å². The van der Waals surface area contributed by atoms with Crippen molar-refractivity contribution in [2.45, 2.75) is 6.92 Å². The Balaban J connectivity index is 1.49. The topological polar surface area (TPSA) is 81.3 Å². The van der Waals surface area contributed by atoms with Crippen LogP contribution in [0.4, 0.5) is 0 Å². The zero-order valence-corrected chi connectivity index (χ0v) is 16.4. The van der Waals surface area contributed by atoms with Gasteiger partial charge in [-0.05, 0) is 49.4 Å². The molecule has 1 heterocycles. The number of imidazole rings is 1. The molecule has 0 saturated heterocycles. The molecule has 0 amide bonds. The minimum atomic E-state index is -0.578. The van der Waals surface area contributed by atoms with E-state index in [1.54, 1.807) is 42.5 Å². The highest BCUT2D eigenvalue weighted by Crippen LogP contribution is 2.24. The molecule has 3 aromatic carbocycles. The number of fused-ring (bicyclic) bond motifs is 1. The van der Waals surface area contributed by atoms with Crippen molar-refractivity contribution in [1.82, 2.24) is 9.97 Å². The Morgan fingerprint density at radius 1 is 0.933 bits per heavy atom. The molecule has 6 nitrogen and oxygen atoms in total. The number of ether oxygens (including phenoxy) is 2. The third-order valence-electron chi connectivity index (χ3n) is 4.61. The molecule has 0 unspecified atom stereocenters. The van der Waals surface area contributed by atoms with E-state index in [1.807, 2.05) is 37.3 Å². The summed E-state index contributed by atoms with van der Waals surface area (Å²) in [7, 11) is 0. The highest BCUT2D eigenvalue weighted by atomic mass is 16.5. The summed E-state index contributed by atoms with van der Waals surface area (Å²) in [6.07, 6.45) is 0. The molecule has 4 rings (SSSR count). The predicted molar refractivity (Wildman–Crippen MR) is 114 cm³/mol. The quantitative estimate of drug-likeness (QED) is 0.360. The average Bonchev–Trinajstić information content (AvgIpc) is 3.22. The van der Waals surface area contributed by atoms with Crippen LogP contribution in [-0.4, -0.2) is 34.9 Å². The van der Waals surface area contributed by atoms with Gasteiger partial charge in [-0.15, -0.1) is 0 Å². The van der Waals surface area contributed by atoms with Gasteiger partial charge in [-0.2, -0.15) is 0 Å². The maximum absolute atomic E-state index is 12.7. The van der Waals surface area contributed by atoms with E-state index in [1.165, 1.54) is 0 Å². The molecule has 0 fully saturated rings. The van der Waals surface area contributed by atoms with Crippen molar-refractivity contribution in [3.05, 3.63) is 83.9 Å². The van der Waals surface area contributed by atoms with E-state index in [-0.39, 0.29) is 12.4 Å². The van der Waals surface area contributed by atoms with Crippen LogP contribution in [0, 0.1) is 0 Å². The average molecular weight is 400 g/mol. The third kappa shape index (κ3) is 4.07. The lowest BCUT2D eigenvalue weighted by Crippen LogP contribution is -2.15. The molecule has 0 aliphatic heterocycles. The zero-order chi connectivity index (χ0) is 20.9. The Labute approximate surface area is 173 Å². The van der Waals surface area contributed by atoms with Crippen LogP contribution < -0.4 is 4.74 Å². The molecule has 30 heavy (non-hydrogen) atoms. The second kappa shape index (κ2) is 8.61. The van der Waals surface area contributed by atoms with Gasteiger partial charge in [-0.3, -0.25) is 4.79 Å². The Morgan fingerprint density at radius 3 is 2.43 bits per heavy atom. The Morgan fingerprint density at radius 2 is 1.67 bits per heavy atom. The molecule has 6 heteroatoms. The van der Waals surface area contributed by atoms with Crippen LogP contribution in [0.15, 0.2) is 72.8 Å². The Kier molecular flexibility index (Phi) is 5.57. The summed E-state index contributed by atoms with van der Waals surface area (Å²) in [6, 6.07) is 21.4. The number of ketones is 1. The van der Waals surface area contributed by atoms with Gasteiger partial charge >= 0.3 is 5.97 Å². The van der Waals surface area contributed by atoms with Crippen LogP contribution >= 0.6 is 0 Å². The molecule has 0 radical (unpaired) electrons. The van der Waals surface area contributed by atoms with E-state index >= 15 is 0 Å². The zero-order valence-electron chi connectivity index (χ0n) is 16.4. The second-order valence-electron chi connectivity index (χ2n) is 6.60. The van der Waals surface area contributed by atoms with Gasteiger partial charge in [0, 0.05) is 11.1 Å². The van der Waals surface area contributed by atoms with Crippen LogP contribution in [0.2, 0.25) is 0 Å². The number of esters is 1. The summed E-state index contributed by atoms with van der Waals surface area (Å²) in [4.78, 5) is 32.8. The maximum atomic E-state index is 12.7. The van der Waals surface area contributed by atoms with Gasteiger partial charge in [0.1, 0.15) is 11.6 Å².